The van der Waals surface area contributed by atoms with Crippen LogP contribution in [0.4, 0.5) is 18.9 Å². The molecule has 0 saturated carbocycles. The van der Waals surface area contributed by atoms with E-state index in [2.05, 4.69) is 15.2 Å². The number of alkyl halides is 3. The Morgan fingerprint density at radius 2 is 2.03 bits per heavy atom. The van der Waals surface area contributed by atoms with Gasteiger partial charge in [-0.05, 0) is 42.3 Å². The van der Waals surface area contributed by atoms with Crippen LogP contribution in [0.1, 0.15) is 39.5 Å². The lowest BCUT2D eigenvalue weighted by molar-refractivity contribution is -0.139. The van der Waals surface area contributed by atoms with Crippen LogP contribution in [0.2, 0.25) is 0 Å². The summed E-state index contributed by atoms with van der Waals surface area (Å²) in [5, 5.41) is 13.5. The van der Waals surface area contributed by atoms with Crippen molar-refractivity contribution in [2.24, 2.45) is 0 Å². The molecule has 1 aliphatic heterocycles. The van der Waals surface area contributed by atoms with Crippen LogP contribution in [0.3, 0.4) is 0 Å². The average molecular weight is 505 g/mol. The minimum atomic E-state index is -4.22. The number of aryl methyl sites for hydroxylation is 1. The summed E-state index contributed by atoms with van der Waals surface area (Å²) in [6, 6.07) is 8.86. The number of carboxylic acids is 1. The maximum Gasteiger partial charge on any atom is 0.390 e. The number of nitrogens with zero attached hydrogens (tertiary/aromatic N) is 2. The van der Waals surface area contributed by atoms with Gasteiger partial charge in [0.1, 0.15) is 5.75 Å². The number of anilines is 1. The van der Waals surface area contributed by atoms with E-state index in [0.717, 1.165) is 33.3 Å². The summed E-state index contributed by atoms with van der Waals surface area (Å²) in [5.41, 5.74) is 4.54. The molecule has 1 unspecified atom stereocenters. The Labute approximate surface area is 207 Å². The Hall–Kier alpha value is -3.24. The molecule has 7 nitrogen and oxygen atoms in total. The lowest BCUT2D eigenvalue weighted by Gasteiger charge is -2.42. The number of piperazine rings is 1. The van der Waals surface area contributed by atoms with Gasteiger partial charge in [0.2, 0.25) is 0 Å². The number of rotatable bonds is 8. The molecule has 0 amide bonds. The molecule has 1 saturated heterocycles. The molecular formula is C26H31F3N4O3. The highest BCUT2D eigenvalue weighted by molar-refractivity contribution is 5.94. The van der Waals surface area contributed by atoms with Crippen LogP contribution < -0.4 is 10.1 Å². The van der Waals surface area contributed by atoms with Crippen LogP contribution in [0.25, 0.3) is 10.9 Å². The first-order chi connectivity index (χ1) is 17.1. The summed E-state index contributed by atoms with van der Waals surface area (Å²) >= 11 is 0. The number of benzene rings is 2. The van der Waals surface area contributed by atoms with E-state index in [4.69, 9.17) is 4.74 Å². The fourth-order valence-corrected chi connectivity index (χ4v) is 5.02. The van der Waals surface area contributed by atoms with E-state index >= 15 is 0 Å². The Morgan fingerprint density at radius 1 is 1.25 bits per heavy atom. The molecule has 3 N–H and O–H groups in total. The SMILES string of the molecule is CNc1cc(C2CN(CCC(F)(F)F)CCN2Cc2c(OC)cc(C)c3[nH]ccc23)ccc1C(=O)O. The van der Waals surface area contributed by atoms with Crippen LogP contribution >= 0.6 is 0 Å². The van der Waals surface area contributed by atoms with E-state index in [0.29, 0.717) is 31.9 Å². The molecule has 1 aromatic heterocycles. The third-order valence-electron chi connectivity index (χ3n) is 6.91. The molecule has 0 radical (unpaired) electrons. The van der Waals surface area contributed by atoms with Crippen molar-refractivity contribution < 1.29 is 27.8 Å². The summed E-state index contributed by atoms with van der Waals surface area (Å²) < 4.78 is 44.5. The molecule has 10 heteroatoms. The quantitative estimate of drug-likeness (QED) is 0.399. The minimum Gasteiger partial charge on any atom is -0.496 e. The van der Waals surface area contributed by atoms with Crippen molar-refractivity contribution in [3.05, 3.63) is 58.8 Å². The van der Waals surface area contributed by atoms with Crippen molar-refractivity contribution in [2.45, 2.75) is 32.1 Å². The first-order valence-corrected chi connectivity index (χ1v) is 11.8. The third-order valence-corrected chi connectivity index (χ3v) is 6.91. The van der Waals surface area contributed by atoms with E-state index in [9.17, 15) is 23.1 Å². The lowest BCUT2D eigenvalue weighted by Crippen LogP contribution is -2.48. The molecule has 4 rings (SSSR count). The van der Waals surface area contributed by atoms with Gasteiger partial charge in [-0.1, -0.05) is 6.07 Å². The number of carboxylic acid groups (broad SMARTS) is 1. The molecule has 0 spiro atoms. The average Bonchev–Trinajstić information content (AvgIpc) is 3.34. The smallest absolute Gasteiger partial charge is 0.390 e. The fourth-order valence-electron chi connectivity index (χ4n) is 5.02. The van der Waals surface area contributed by atoms with Gasteiger partial charge >= 0.3 is 12.1 Å². The van der Waals surface area contributed by atoms with Crippen molar-refractivity contribution in [2.75, 3.05) is 45.7 Å². The molecule has 1 atom stereocenters. The molecule has 1 aliphatic rings. The number of halogens is 3. The predicted octanol–water partition coefficient (Wildman–Crippen LogP) is 5.04. The predicted molar refractivity (Wildman–Crippen MR) is 133 cm³/mol. The number of ether oxygens (including phenoxy) is 1. The van der Waals surface area contributed by atoms with Crippen molar-refractivity contribution in [3.8, 4) is 5.75 Å². The van der Waals surface area contributed by atoms with Gasteiger partial charge in [0, 0.05) is 74.2 Å². The Balaban J connectivity index is 1.70. The highest BCUT2D eigenvalue weighted by atomic mass is 19.4. The van der Waals surface area contributed by atoms with Crippen molar-refractivity contribution in [1.29, 1.82) is 0 Å². The molecule has 3 aromatic rings. The molecule has 194 valence electrons. The van der Waals surface area contributed by atoms with Crippen LogP contribution in [-0.2, 0) is 6.54 Å². The fraction of sp³-hybridized carbons (Fsp3) is 0.423. The number of fused-ring (bicyclic) bond motifs is 1. The van der Waals surface area contributed by atoms with Gasteiger partial charge in [-0.3, -0.25) is 9.80 Å². The lowest BCUT2D eigenvalue weighted by atomic mass is 9.97. The summed E-state index contributed by atoms with van der Waals surface area (Å²) in [7, 11) is 3.28. The normalized spacial score (nSPS) is 17.4. The molecule has 1 fully saturated rings. The standard InChI is InChI=1S/C26H31F3N4O3/c1-16-12-23(36-3)20(18-6-8-31-24(16)18)14-33-11-10-32(9-7-26(27,28)29)15-22(33)17-4-5-19(25(34)35)21(13-17)30-2/h4-6,8,12-13,22,30-31H,7,9-11,14-15H2,1-3H3,(H,34,35). The summed E-state index contributed by atoms with van der Waals surface area (Å²) in [4.78, 5) is 19.0. The number of aromatic carboxylic acids is 1. The van der Waals surface area contributed by atoms with E-state index in [1.54, 1.807) is 32.4 Å². The molecule has 0 bridgehead atoms. The zero-order valence-electron chi connectivity index (χ0n) is 20.6. The van der Waals surface area contributed by atoms with Crippen molar-refractivity contribution in [1.82, 2.24) is 14.8 Å². The number of H-pyrrole nitrogens is 1. The summed E-state index contributed by atoms with van der Waals surface area (Å²) in [6.07, 6.45) is -3.20. The number of aromatic amines is 1. The Morgan fingerprint density at radius 3 is 2.69 bits per heavy atom. The molecule has 2 aromatic carbocycles. The molecule has 0 aliphatic carbocycles. The number of aromatic nitrogens is 1. The number of methoxy groups -OCH3 is 1. The topological polar surface area (TPSA) is 80.8 Å². The molecule has 2 heterocycles. The molecule has 36 heavy (non-hydrogen) atoms. The third kappa shape index (κ3) is 5.44. The number of hydrogen-bond acceptors (Lipinski definition) is 5. The highest BCUT2D eigenvalue weighted by Gasteiger charge is 2.33. The van der Waals surface area contributed by atoms with E-state index in [1.165, 1.54) is 0 Å². The monoisotopic (exact) mass is 504 g/mol. The summed E-state index contributed by atoms with van der Waals surface area (Å²) in [5.74, 6) is -0.285. The van der Waals surface area contributed by atoms with Gasteiger partial charge in [0.25, 0.3) is 0 Å². The second-order valence-electron chi connectivity index (χ2n) is 9.15. The van der Waals surface area contributed by atoms with Gasteiger partial charge in [-0.15, -0.1) is 0 Å². The van der Waals surface area contributed by atoms with Gasteiger partial charge < -0.3 is 20.1 Å². The van der Waals surface area contributed by atoms with E-state index in [-0.39, 0.29) is 18.2 Å². The second-order valence-corrected chi connectivity index (χ2v) is 9.15. The molecular weight excluding hydrogens is 473 g/mol. The number of hydrogen-bond donors (Lipinski definition) is 3. The largest absolute Gasteiger partial charge is 0.496 e. The number of carbonyl (C=O) groups is 1. The second kappa shape index (κ2) is 10.4. The van der Waals surface area contributed by atoms with Gasteiger partial charge in [0.15, 0.2) is 0 Å². The maximum absolute atomic E-state index is 12.9. The van der Waals surface area contributed by atoms with Crippen LogP contribution in [0, 0.1) is 6.92 Å². The first-order valence-electron chi connectivity index (χ1n) is 11.8. The van der Waals surface area contributed by atoms with Gasteiger partial charge in [0.05, 0.1) is 19.1 Å². The number of nitrogens with one attached hydrogen (secondary N) is 2. The van der Waals surface area contributed by atoms with Gasteiger partial charge in [-0.25, -0.2) is 4.79 Å². The maximum atomic E-state index is 12.9. The van der Waals surface area contributed by atoms with E-state index < -0.39 is 18.6 Å². The van der Waals surface area contributed by atoms with Crippen molar-refractivity contribution >= 4 is 22.6 Å². The zero-order valence-corrected chi connectivity index (χ0v) is 20.6. The van der Waals surface area contributed by atoms with Gasteiger partial charge in [-0.2, -0.15) is 13.2 Å². The van der Waals surface area contributed by atoms with Crippen molar-refractivity contribution in [3.63, 3.8) is 0 Å². The Bertz CT molecular complexity index is 1240. The van der Waals surface area contributed by atoms with E-state index in [1.807, 2.05) is 30.2 Å². The first kappa shape index (κ1) is 25.8. The zero-order chi connectivity index (χ0) is 26.0. The summed E-state index contributed by atoms with van der Waals surface area (Å²) in [6.45, 7) is 3.93. The highest BCUT2D eigenvalue weighted by Crippen LogP contribution is 2.36. The van der Waals surface area contributed by atoms with Crippen LogP contribution in [0.15, 0.2) is 36.5 Å². The van der Waals surface area contributed by atoms with Crippen LogP contribution in [-0.4, -0.2) is 72.4 Å². The van der Waals surface area contributed by atoms with Crippen LogP contribution in [0.5, 0.6) is 5.75 Å². The Kier molecular flexibility index (Phi) is 7.46. The minimum absolute atomic E-state index is 0.0736.